The molecule has 0 heterocycles. The second-order valence-electron chi connectivity index (χ2n) is 9.78. The van der Waals surface area contributed by atoms with Crippen molar-refractivity contribution in [1.82, 2.24) is 0 Å². The molecule has 0 bridgehead atoms. The van der Waals surface area contributed by atoms with Crippen LogP contribution in [0.15, 0.2) is 23.3 Å². The Kier molecular flexibility index (Phi) is 15.3. The molecule has 0 saturated carbocycles. The number of aliphatic hydroxyl groups is 1. The summed E-state index contributed by atoms with van der Waals surface area (Å²) in [5.41, 5.74) is 1.90. The number of ether oxygens (including phenoxy) is 3. The first kappa shape index (κ1) is 31.0. The standard InChI is InChI=1S/C27H50O5/c1-11-20(3)23(31-9)16-15-19(2)13-12-14-21(4)25(28)22(5)26(29)27(6,7)24(32-10)17-18-30-8/h11,15,21-25,28H,12-14,16-18H2,1-10H3/b19-15-,20-11+. The Morgan fingerprint density at radius 3 is 2.19 bits per heavy atom. The minimum Gasteiger partial charge on any atom is -0.392 e. The maximum Gasteiger partial charge on any atom is 0.146 e. The van der Waals surface area contributed by atoms with Crippen molar-refractivity contribution in [1.29, 1.82) is 0 Å². The monoisotopic (exact) mass is 454 g/mol. The molecule has 0 radical (unpaired) electrons. The van der Waals surface area contributed by atoms with Crippen molar-refractivity contribution in [3.63, 3.8) is 0 Å². The van der Waals surface area contributed by atoms with Crippen LogP contribution in [0, 0.1) is 17.3 Å². The van der Waals surface area contributed by atoms with Gasteiger partial charge >= 0.3 is 0 Å². The summed E-state index contributed by atoms with van der Waals surface area (Å²) >= 11 is 0. The minimum absolute atomic E-state index is 0.0424. The average Bonchev–Trinajstić information content (AvgIpc) is 2.77. The first-order chi connectivity index (χ1) is 15.0. The van der Waals surface area contributed by atoms with Crippen molar-refractivity contribution in [3.05, 3.63) is 23.3 Å². The van der Waals surface area contributed by atoms with Gasteiger partial charge in [-0.05, 0) is 64.4 Å². The molecular weight excluding hydrogens is 404 g/mol. The van der Waals surface area contributed by atoms with Crippen LogP contribution >= 0.6 is 0 Å². The van der Waals surface area contributed by atoms with E-state index in [1.54, 1.807) is 21.3 Å². The van der Waals surface area contributed by atoms with Gasteiger partial charge in [-0.25, -0.2) is 0 Å². The first-order valence-electron chi connectivity index (χ1n) is 12.0. The third-order valence-electron chi connectivity index (χ3n) is 6.98. The van der Waals surface area contributed by atoms with Crippen LogP contribution in [-0.4, -0.2) is 57.1 Å². The molecule has 5 unspecified atom stereocenters. The lowest BCUT2D eigenvalue weighted by molar-refractivity contribution is -0.144. The van der Waals surface area contributed by atoms with Crippen LogP contribution in [0.4, 0.5) is 0 Å². The quantitative estimate of drug-likeness (QED) is 0.283. The summed E-state index contributed by atoms with van der Waals surface area (Å²) in [6.07, 6.45) is 7.94. The van der Waals surface area contributed by atoms with Crippen LogP contribution in [0.2, 0.25) is 0 Å². The highest BCUT2D eigenvalue weighted by Gasteiger charge is 2.41. The van der Waals surface area contributed by atoms with Crippen molar-refractivity contribution >= 4 is 5.78 Å². The van der Waals surface area contributed by atoms with Crippen molar-refractivity contribution in [2.75, 3.05) is 27.9 Å². The molecule has 0 fully saturated rings. The number of rotatable bonds is 17. The highest BCUT2D eigenvalue weighted by molar-refractivity contribution is 5.87. The molecule has 0 amide bonds. The molecule has 0 aromatic rings. The van der Waals surface area contributed by atoms with Gasteiger partial charge in [-0.15, -0.1) is 0 Å². The third kappa shape index (κ3) is 9.86. The number of carbonyl (C=O) groups is 1. The van der Waals surface area contributed by atoms with E-state index in [0.29, 0.717) is 13.0 Å². The predicted octanol–water partition coefficient (Wildman–Crippen LogP) is 5.75. The molecule has 0 aromatic carbocycles. The van der Waals surface area contributed by atoms with Crippen molar-refractivity contribution in [3.8, 4) is 0 Å². The normalized spacial score (nSPS) is 18.2. The van der Waals surface area contributed by atoms with Crippen LogP contribution in [0.3, 0.4) is 0 Å². The molecule has 0 aliphatic carbocycles. The number of hydrogen-bond acceptors (Lipinski definition) is 5. The van der Waals surface area contributed by atoms with Crippen molar-refractivity contribution in [2.24, 2.45) is 17.3 Å². The summed E-state index contributed by atoms with van der Waals surface area (Å²) in [6.45, 7) is 14.5. The Labute approximate surface area is 197 Å². The topological polar surface area (TPSA) is 65.0 Å². The summed E-state index contributed by atoms with van der Waals surface area (Å²) < 4.78 is 16.3. The number of ketones is 1. The number of carbonyl (C=O) groups excluding carboxylic acids is 1. The van der Waals surface area contributed by atoms with Crippen LogP contribution in [0.1, 0.15) is 80.6 Å². The molecule has 5 heteroatoms. The lowest BCUT2D eigenvalue weighted by atomic mass is 9.73. The van der Waals surface area contributed by atoms with Gasteiger partial charge in [0.15, 0.2) is 0 Å². The Morgan fingerprint density at radius 2 is 1.69 bits per heavy atom. The Bertz CT molecular complexity index is 593. The molecule has 1 N–H and O–H groups in total. The number of hydrogen-bond donors (Lipinski definition) is 1. The molecule has 32 heavy (non-hydrogen) atoms. The molecule has 5 atom stereocenters. The van der Waals surface area contributed by atoms with Gasteiger partial charge < -0.3 is 19.3 Å². The largest absolute Gasteiger partial charge is 0.392 e. The molecule has 0 rings (SSSR count). The zero-order valence-electron chi connectivity index (χ0n) is 22.4. The second-order valence-corrected chi connectivity index (χ2v) is 9.78. The zero-order chi connectivity index (χ0) is 24.9. The number of methoxy groups -OCH3 is 3. The lowest BCUT2D eigenvalue weighted by Gasteiger charge is -2.36. The highest BCUT2D eigenvalue weighted by Crippen LogP contribution is 2.33. The van der Waals surface area contributed by atoms with Gasteiger partial charge in [-0.2, -0.15) is 0 Å². The van der Waals surface area contributed by atoms with Gasteiger partial charge in [-0.3, -0.25) is 4.79 Å². The Morgan fingerprint density at radius 1 is 1.06 bits per heavy atom. The summed E-state index contributed by atoms with van der Waals surface area (Å²) in [6, 6.07) is 0. The summed E-state index contributed by atoms with van der Waals surface area (Å²) in [4.78, 5) is 13.2. The van der Waals surface area contributed by atoms with Crippen LogP contribution in [-0.2, 0) is 19.0 Å². The molecule has 188 valence electrons. The Balaban J connectivity index is 4.79. The predicted molar refractivity (Wildman–Crippen MR) is 133 cm³/mol. The Hall–Kier alpha value is -1.01. The van der Waals surface area contributed by atoms with Crippen LogP contribution in [0.5, 0.6) is 0 Å². The van der Waals surface area contributed by atoms with Gasteiger partial charge in [0.05, 0.1) is 18.3 Å². The number of aliphatic hydroxyl groups excluding tert-OH is 1. The second kappa shape index (κ2) is 15.8. The van der Waals surface area contributed by atoms with Crippen LogP contribution in [0.25, 0.3) is 0 Å². The minimum atomic E-state index is -0.685. The van der Waals surface area contributed by atoms with Gasteiger partial charge in [0, 0.05) is 39.3 Å². The number of Topliss-reactive ketones (excluding diaryl/α,β-unsaturated/α-hetero) is 1. The van der Waals surface area contributed by atoms with Gasteiger partial charge in [0.1, 0.15) is 5.78 Å². The molecule has 0 aliphatic heterocycles. The smallest absolute Gasteiger partial charge is 0.146 e. The van der Waals surface area contributed by atoms with E-state index in [4.69, 9.17) is 14.2 Å². The fraction of sp³-hybridized carbons (Fsp3) is 0.815. The van der Waals surface area contributed by atoms with E-state index in [0.717, 1.165) is 25.7 Å². The summed E-state index contributed by atoms with van der Waals surface area (Å²) in [7, 11) is 5.02. The van der Waals surface area contributed by atoms with Crippen LogP contribution < -0.4 is 0 Å². The molecule has 5 nitrogen and oxygen atoms in total. The van der Waals surface area contributed by atoms with Gasteiger partial charge in [0.25, 0.3) is 0 Å². The average molecular weight is 455 g/mol. The number of allylic oxidation sites excluding steroid dienone is 2. The van der Waals surface area contributed by atoms with E-state index in [2.05, 4.69) is 26.0 Å². The van der Waals surface area contributed by atoms with E-state index >= 15 is 0 Å². The van der Waals surface area contributed by atoms with E-state index in [9.17, 15) is 9.90 Å². The third-order valence-corrected chi connectivity index (χ3v) is 6.98. The molecule has 0 aromatic heterocycles. The van der Waals surface area contributed by atoms with Gasteiger partial charge in [0.2, 0.25) is 0 Å². The molecule has 0 aliphatic rings. The lowest BCUT2D eigenvalue weighted by Crippen LogP contribution is -2.45. The maximum absolute atomic E-state index is 13.2. The highest BCUT2D eigenvalue weighted by atomic mass is 16.5. The van der Waals surface area contributed by atoms with E-state index < -0.39 is 17.4 Å². The fourth-order valence-corrected chi connectivity index (χ4v) is 4.33. The SMILES string of the molecule is C/C=C(\C)C(C/C=C(/C)CCCC(C)C(O)C(C)C(=O)C(C)(C)C(CCOC)OC)OC. The fourth-order valence-electron chi connectivity index (χ4n) is 4.33. The van der Waals surface area contributed by atoms with E-state index in [1.807, 2.05) is 34.6 Å². The van der Waals surface area contributed by atoms with Crippen molar-refractivity contribution in [2.45, 2.75) is 98.9 Å². The first-order valence-corrected chi connectivity index (χ1v) is 12.0. The summed E-state index contributed by atoms with van der Waals surface area (Å²) in [5.74, 6) is -0.349. The van der Waals surface area contributed by atoms with E-state index in [-0.39, 0.29) is 23.9 Å². The summed E-state index contributed by atoms with van der Waals surface area (Å²) in [5, 5.41) is 10.9. The molecule has 0 spiro atoms. The zero-order valence-corrected chi connectivity index (χ0v) is 22.4. The maximum atomic E-state index is 13.2. The molecular formula is C27H50O5. The van der Waals surface area contributed by atoms with Gasteiger partial charge in [-0.1, -0.05) is 45.4 Å². The molecule has 0 saturated heterocycles. The van der Waals surface area contributed by atoms with E-state index in [1.165, 1.54) is 11.1 Å². The van der Waals surface area contributed by atoms with Crippen molar-refractivity contribution < 1.29 is 24.1 Å².